The second-order valence-corrected chi connectivity index (χ2v) is 13.5. The Balaban J connectivity index is 1.54. The average Bonchev–Trinajstić information content (AvgIpc) is 3.50. The molecule has 3 amide bonds. The SMILES string of the molecule is CCC(C)[C@H](N)C(=O)N(Cc1nc2ccccc2[nH]1)C(=O)[C@@H](C[C@H](O)[C@H](CC1CCCCC1)NC(=O)OCc1cccnc1)C(C)C. The first-order chi connectivity index (χ1) is 22.6. The van der Waals surface area contributed by atoms with Gasteiger partial charge in [0.25, 0.3) is 0 Å². The highest BCUT2D eigenvalue weighted by Crippen LogP contribution is 2.30. The van der Waals surface area contributed by atoms with Crippen molar-refractivity contribution < 1.29 is 24.2 Å². The highest BCUT2D eigenvalue weighted by Gasteiger charge is 2.38. The molecule has 11 heteroatoms. The molecule has 0 radical (unpaired) electrons. The van der Waals surface area contributed by atoms with Crippen molar-refractivity contribution in [2.45, 2.75) is 110 Å². The fraction of sp³-hybridized carbons (Fsp3) is 0.583. The molecule has 1 aromatic carbocycles. The van der Waals surface area contributed by atoms with Gasteiger partial charge in [-0.05, 0) is 48.8 Å². The van der Waals surface area contributed by atoms with Crippen LogP contribution in [0, 0.1) is 23.7 Å². The van der Waals surface area contributed by atoms with Crippen molar-refractivity contribution in [1.82, 2.24) is 25.2 Å². The van der Waals surface area contributed by atoms with Gasteiger partial charge in [0.05, 0.1) is 35.8 Å². The Bertz CT molecular complexity index is 1410. The standard InChI is InChI=1S/C36H52N6O5/c1-5-24(4)33(37)35(45)42(21-32-39-28-15-9-10-16-29(28)40-32)34(44)27(23(2)3)19-31(43)30(18-25-12-7-6-8-13-25)41-36(46)47-22-26-14-11-17-38-20-26/h9-11,14-17,20,23-25,27,30-31,33,43H,5-8,12-13,18-19,21-22,37H2,1-4H3,(H,39,40)(H,41,46)/t24?,27-,30-,31-,33-/m0/s1. The van der Waals surface area contributed by atoms with Gasteiger partial charge in [0.1, 0.15) is 12.4 Å². The van der Waals surface area contributed by atoms with Gasteiger partial charge in [-0.2, -0.15) is 0 Å². The highest BCUT2D eigenvalue weighted by atomic mass is 16.5. The molecule has 2 heterocycles. The molecule has 1 unspecified atom stereocenters. The minimum atomic E-state index is -1.05. The van der Waals surface area contributed by atoms with Gasteiger partial charge in [0, 0.05) is 23.9 Å². The number of aromatic amines is 1. The summed E-state index contributed by atoms with van der Waals surface area (Å²) in [5, 5.41) is 14.6. The van der Waals surface area contributed by atoms with Crippen LogP contribution in [0.5, 0.6) is 0 Å². The van der Waals surface area contributed by atoms with E-state index in [0.29, 0.717) is 24.6 Å². The molecule has 3 aromatic rings. The molecule has 5 atom stereocenters. The number of carbonyl (C=O) groups is 3. The number of nitrogens with zero attached hydrogens (tertiary/aromatic N) is 3. The van der Waals surface area contributed by atoms with Gasteiger partial charge in [0.2, 0.25) is 11.8 Å². The number of nitrogens with two attached hydrogens (primary N) is 1. The largest absolute Gasteiger partial charge is 0.445 e. The van der Waals surface area contributed by atoms with Gasteiger partial charge in [-0.15, -0.1) is 0 Å². The number of pyridine rings is 1. The number of carbonyl (C=O) groups excluding carboxylic acids is 3. The lowest BCUT2D eigenvalue weighted by molar-refractivity contribution is -0.151. The third-order valence-electron chi connectivity index (χ3n) is 9.61. The van der Waals surface area contributed by atoms with Crippen molar-refractivity contribution in [3.63, 3.8) is 0 Å². The van der Waals surface area contributed by atoms with Crippen LogP contribution in [0.3, 0.4) is 0 Å². The topological polar surface area (TPSA) is 164 Å². The number of ether oxygens (including phenoxy) is 1. The highest BCUT2D eigenvalue weighted by molar-refractivity contribution is 5.99. The minimum absolute atomic E-state index is 0.0499. The van der Waals surface area contributed by atoms with Gasteiger partial charge in [-0.3, -0.25) is 19.5 Å². The zero-order chi connectivity index (χ0) is 33.9. The lowest BCUT2D eigenvalue weighted by Gasteiger charge is -2.34. The molecule has 1 aliphatic carbocycles. The number of aliphatic hydroxyl groups is 1. The van der Waals surface area contributed by atoms with E-state index in [0.717, 1.165) is 42.3 Å². The Kier molecular flexibility index (Phi) is 13.3. The van der Waals surface area contributed by atoms with Gasteiger partial charge >= 0.3 is 6.09 Å². The van der Waals surface area contributed by atoms with Crippen LogP contribution in [0.15, 0.2) is 48.8 Å². The Labute approximate surface area is 278 Å². The van der Waals surface area contributed by atoms with Crippen molar-refractivity contribution >= 4 is 28.9 Å². The van der Waals surface area contributed by atoms with Crippen LogP contribution >= 0.6 is 0 Å². The van der Waals surface area contributed by atoms with Gasteiger partial charge < -0.3 is 25.9 Å². The van der Waals surface area contributed by atoms with Crippen molar-refractivity contribution in [3.8, 4) is 0 Å². The fourth-order valence-electron chi connectivity index (χ4n) is 6.37. The first kappa shape index (κ1) is 36.0. The van der Waals surface area contributed by atoms with E-state index in [-0.39, 0.29) is 31.4 Å². The minimum Gasteiger partial charge on any atom is -0.445 e. The number of hydrogen-bond acceptors (Lipinski definition) is 8. The summed E-state index contributed by atoms with van der Waals surface area (Å²) in [6.45, 7) is 7.64. The van der Waals surface area contributed by atoms with Gasteiger partial charge in [-0.25, -0.2) is 9.78 Å². The van der Waals surface area contributed by atoms with Crippen molar-refractivity contribution in [1.29, 1.82) is 0 Å². The molecule has 0 spiro atoms. The van der Waals surface area contributed by atoms with Crippen LogP contribution < -0.4 is 11.1 Å². The maximum atomic E-state index is 14.4. The summed E-state index contributed by atoms with van der Waals surface area (Å²) in [7, 11) is 0. The first-order valence-corrected chi connectivity index (χ1v) is 17.1. The van der Waals surface area contributed by atoms with E-state index in [1.165, 1.54) is 11.3 Å². The predicted octanol–water partition coefficient (Wildman–Crippen LogP) is 5.48. The second-order valence-electron chi connectivity index (χ2n) is 13.5. The average molecular weight is 649 g/mol. The molecule has 256 valence electrons. The third-order valence-corrected chi connectivity index (χ3v) is 9.61. The van der Waals surface area contributed by atoms with Crippen molar-refractivity contribution in [2.75, 3.05) is 0 Å². The zero-order valence-electron chi connectivity index (χ0n) is 28.2. The number of rotatable bonds is 15. The molecule has 5 N–H and O–H groups in total. The predicted molar refractivity (Wildman–Crippen MR) is 181 cm³/mol. The van der Waals surface area contributed by atoms with Crippen LogP contribution in [-0.2, 0) is 27.5 Å². The van der Waals surface area contributed by atoms with Crippen LogP contribution in [0.2, 0.25) is 0 Å². The van der Waals surface area contributed by atoms with E-state index < -0.39 is 42.0 Å². The summed E-state index contributed by atoms with van der Waals surface area (Å²) in [5.41, 5.74) is 8.69. The van der Waals surface area contributed by atoms with Crippen LogP contribution in [0.1, 0.15) is 90.4 Å². The van der Waals surface area contributed by atoms with Crippen molar-refractivity contribution in [2.24, 2.45) is 29.4 Å². The Morgan fingerprint density at radius 1 is 1.09 bits per heavy atom. The number of fused-ring (bicyclic) bond motifs is 1. The molecule has 47 heavy (non-hydrogen) atoms. The summed E-state index contributed by atoms with van der Waals surface area (Å²) >= 11 is 0. The molecule has 11 nitrogen and oxygen atoms in total. The van der Waals surface area contributed by atoms with Crippen LogP contribution in [-0.4, -0.2) is 61.1 Å². The second kappa shape index (κ2) is 17.4. The quantitative estimate of drug-likeness (QED) is 0.168. The van der Waals surface area contributed by atoms with Crippen LogP contribution in [0.4, 0.5) is 4.79 Å². The number of aromatic nitrogens is 3. The number of aliphatic hydroxyl groups excluding tert-OH is 1. The molecule has 1 aliphatic rings. The number of H-pyrrole nitrogens is 1. The number of nitrogens with one attached hydrogen (secondary N) is 2. The Morgan fingerprint density at radius 2 is 1.83 bits per heavy atom. The molecular formula is C36H52N6O5. The summed E-state index contributed by atoms with van der Waals surface area (Å²) in [5.74, 6) is -1.14. The molecule has 4 rings (SSSR count). The van der Waals surface area contributed by atoms with E-state index in [9.17, 15) is 19.5 Å². The molecule has 2 aromatic heterocycles. The molecule has 0 saturated heterocycles. The molecule has 1 fully saturated rings. The summed E-state index contributed by atoms with van der Waals surface area (Å²) < 4.78 is 5.47. The maximum Gasteiger partial charge on any atom is 0.407 e. The monoisotopic (exact) mass is 648 g/mol. The van der Waals surface area contributed by atoms with Crippen molar-refractivity contribution in [3.05, 3.63) is 60.2 Å². The number of imidazole rings is 1. The van der Waals surface area contributed by atoms with Gasteiger partial charge in [-0.1, -0.05) is 84.4 Å². The molecule has 0 aliphatic heterocycles. The Hall–Kier alpha value is -3.83. The van der Waals surface area contributed by atoms with E-state index in [4.69, 9.17) is 10.5 Å². The van der Waals surface area contributed by atoms with E-state index >= 15 is 0 Å². The number of imide groups is 1. The van der Waals surface area contributed by atoms with Gasteiger partial charge in [0.15, 0.2) is 0 Å². The maximum absolute atomic E-state index is 14.4. The first-order valence-electron chi connectivity index (χ1n) is 17.1. The number of para-hydroxylation sites is 2. The molecule has 1 saturated carbocycles. The summed E-state index contributed by atoms with van der Waals surface area (Å²) in [6.07, 6.45) is 8.35. The Morgan fingerprint density at radius 3 is 2.49 bits per heavy atom. The lowest BCUT2D eigenvalue weighted by Crippen LogP contribution is -2.52. The van der Waals surface area contributed by atoms with E-state index in [1.807, 2.05) is 58.0 Å². The summed E-state index contributed by atoms with van der Waals surface area (Å²) in [4.78, 5) is 54.3. The number of benzene rings is 1. The fourth-order valence-corrected chi connectivity index (χ4v) is 6.37. The molecule has 0 bridgehead atoms. The van der Waals surface area contributed by atoms with Crippen LogP contribution in [0.25, 0.3) is 11.0 Å². The van der Waals surface area contributed by atoms with E-state index in [2.05, 4.69) is 20.3 Å². The normalized spacial score (nSPS) is 17.1. The number of alkyl carbamates (subject to hydrolysis) is 1. The van der Waals surface area contributed by atoms with E-state index in [1.54, 1.807) is 18.5 Å². The number of hydrogen-bond donors (Lipinski definition) is 4. The lowest BCUT2D eigenvalue weighted by atomic mass is 9.81. The molecular weight excluding hydrogens is 596 g/mol. The zero-order valence-corrected chi connectivity index (χ0v) is 28.2. The summed E-state index contributed by atoms with van der Waals surface area (Å²) in [6, 6.07) is 9.60. The number of amides is 3. The smallest absolute Gasteiger partial charge is 0.407 e. The third kappa shape index (κ3) is 10.1.